The first kappa shape index (κ1) is 16.8. The molecule has 0 unspecified atom stereocenters. The number of aliphatic hydroxyl groups is 1. The monoisotopic (exact) mass is 349 g/mol. The van der Waals surface area contributed by atoms with Crippen LogP contribution in [0.1, 0.15) is 25.1 Å². The molecule has 134 valence electrons. The van der Waals surface area contributed by atoms with E-state index in [0.717, 1.165) is 41.9 Å². The van der Waals surface area contributed by atoms with Crippen molar-refractivity contribution in [2.24, 2.45) is 0 Å². The van der Waals surface area contributed by atoms with Crippen LogP contribution in [0.5, 0.6) is 0 Å². The number of carbonyl (C=O) groups is 1. The highest BCUT2D eigenvalue weighted by atomic mass is 16.3. The number of rotatable bonds is 5. The second-order valence-corrected chi connectivity index (χ2v) is 6.75. The first-order valence-corrected chi connectivity index (χ1v) is 9.20. The van der Waals surface area contributed by atoms with Gasteiger partial charge in [0, 0.05) is 25.1 Å². The summed E-state index contributed by atoms with van der Waals surface area (Å²) in [7, 11) is 0. The number of imidazole rings is 1. The van der Waals surface area contributed by atoms with Crippen molar-refractivity contribution in [3.63, 3.8) is 0 Å². The van der Waals surface area contributed by atoms with E-state index in [9.17, 15) is 9.90 Å². The second kappa shape index (κ2) is 7.30. The largest absolute Gasteiger partial charge is 0.394 e. The van der Waals surface area contributed by atoms with Gasteiger partial charge in [-0.3, -0.25) is 9.36 Å². The van der Waals surface area contributed by atoms with Crippen molar-refractivity contribution >= 4 is 16.9 Å². The molecule has 1 atom stereocenters. The number of fused-ring (bicyclic) bond motifs is 1. The van der Waals surface area contributed by atoms with Crippen LogP contribution in [0.3, 0.4) is 0 Å². The fraction of sp³-hybridized carbons (Fsp3) is 0.333. The summed E-state index contributed by atoms with van der Waals surface area (Å²) in [5.74, 6) is 0.999. The summed E-state index contributed by atoms with van der Waals surface area (Å²) in [6.45, 7) is 0.799. The Labute approximate surface area is 152 Å². The maximum Gasteiger partial charge on any atom is 0.223 e. The molecule has 1 saturated heterocycles. The van der Waals surface area contributed by atoms with E-state index in [1.54, 1.807) is 0 Å². The van der Waals surface area contributed by atoms with Crippen molar-refractivity contribution in [1.82, 2.24) is 14.5 Å². The minimum absolute atomic E-state index is 0.0181. The molecule has 5 nitrogen and oxygen atoms in total. The molecule has 2 aromatic carbocycles. The van der Waals surface area contributed by atoms with E-state index >= 15 is 0 Å². The van der Waals surface area contributed by atoms with E-state index in [-0.39, 0.29) is 18.6 Å². The van der Waals surface area contributed by atoms with Gasteiger partial charge in [-0.15, -0.1) is 0 Å². The molecule has 2 heterocycles. The number of aliphatic hydroxyl groups excluding tert-OH is 1. The summed E-state index contributed by atoms with van der Waals surface area (Å²) in [6, 6.07) is 18.2. The van der Waals surface area contributed by atoms with Crippen LogP contribution < -0.4 is 0 Å². The summed E-state index contributed by atoms with van der Waals surface area (Å²) in [5.41, 5.74) is 3.04. The van der Waals surface area contributed by atoms with Crippen molar-refractivity contribution in [1.29, 1.82) is 0 Å². The number of benzene rings is 2. The predicted octanol–water partition coefficient (Wildman–Crippen LogP) is 2.94. The number of likely N-dealkylation sites (tertiary alicyclic amines) is 1. The number of nitrogens with zero attached hydrogens (tertiary/aromatic N) is 3. The van der Waals surface area contributed by atoms with Crippen molar-refractivity contribution < 1.29 is 9.90 Å². The van der Waals surface area contributed by atoms with Crippen molar-refractivity contribution in [3.8, 4) is 5.69 Å². The molecule has 0 aliphatic carbocycles. The quantitative estimate of drug-likeness (QED) is 0.770. The van der Waals surface area contributed by atoms with Crippen molar-refractivity contribution in [2.45, 2.75) is 31.7 Å². The SMILES string of the molecule is O=C(CCc1nc2ccccc2n1-c1ccccc1)N1CCC[C@@H]1CO. The molecular formula is C21H23N3O2. The van der Waals surface area contributed by atoms with E-state index in [0.29, 0.717) is 12.8 Å². The third-order valence-electron chi connectivity index (χ3n) is 5.12. The van der Waals surface area contributed by atoms with E-state index in [2.05, 4.69) is 22.8 Å². The van der Waals surface area contributed by atoms with Gasteiger partial charge in [0.2, 0.25) is 5.91 Å². The van der Waals surface area contributed by atoms with Crippen LogP contribution in [0.4, 0.5) is 0 Å². The van der Waals surface area contributed by atoms with Crippen LogP contribution in [0.25, 0.3) is 16.7 Å². The van der Waals surface area contributed by atoms with Gasteiger partial charge in [-0.2, -0.15) is 0 Å². The molecular weight excluding hydrogens is 326 g/mol. The van der Waals surface area contributed by atoms with Crippen molar-refractivity contribution in [2.75, 3.05) is 13.2 Å². The van der Waals surface area contributed by atoms with Gasteiger partial charge in [0.25, 0.3) is 0 Å². The summed E-state index contributed by atoms with van der Waals surface area (Å²) in [5, 5.41) is 9.45. The molecule has 1 N–H and O–H groups in total. The van der Waals surface area contributed by atoms with E-state index in [4.69, 9.17) is 4.98 Å². The van der Waals surface area contributed by atoms with Crippen LogP contribution in [0, 0.1) is 0 Å². The second-order valence-electron chi connectivity index (χ2n) is 6.75. The smallest absolute Gasteiger partial charge is 0.223 e. The standard InChI is InChI=1S/C21H23N3O2/c25-15-17-9-6-14-23(17)21(26)13-12-20-22-18-10-4-5-11-19(18)24(20)16-7-2-1-3-8-16/h1-5,7-8,10-11,17,25H,6,9,12-15H2/t17-/m1/s1. The number of hydrogen-bond donors (Lipinski definition) is 1. The summed E-state index contributed by atoms with van der Waals surface area (Å²) in [4.78, 5) is 19.2. The third kappa shape index (κ3) is 3.10. The maximum absolute atomic E-state index is 12.6. The molecule has 1 fully saturated rings. The number of aromatic nitrogens is 2. The zero-order chi connectivity index (χ0) is 17.9. The number of aryl methyl sites for hydroxylation is 1. The van der Waals surface area contributed by atoms with Gasteiger partial charge >= 0.3 is 0 Å². The molecule has 3 aromatic rings. The third-order valence-corrected chi connectivity index (χ3v) is 5.12. The molecule has 0 bridgehead atoms. The molecule has 1 aromatic heterocycles. The Hall–Kier alpha value is -2.66. The zero-order valence-corrected chi connectivity index (χ0v) is 14.7. The van der Waals surface area contributed by atoms with E-state index in [1.807, 2.05) is 41.3 Å². The highest BCUT2D eigenvalue weighted by Crippen LogP contribution is 2.23. The molecule has 5 heteroatoms. The van der Waals surface area contributed by atoms with Gasteiger partial charge in [0.15, 0.2) is 0 Å². The van der Waals surface area contributed by atoms with Gasteiger partial charge < -0.3 is 10.0 Å². The average Bonchev–Trinajstić information content (AvgIpc) is 3.31. The number of para-hydroxylation sites is 3. The number of carbonyl (C=O) groups excluding carboxylic acids is 1. The first-order valence-electron chi connectivity index (χ1n) is 9.20. The Morgan fingerprint density at radius 3 is 2.69 bits per heavy atom. The maximum atomic E-state index is 12.6. The highest BCUT2D eigenvalue weighted by molar-refractivity contribution is 5.79. The summed E-state index contributed by atoms with van der Waals surface area (Å²) >= 11 is 0. The van der Waals surface area contributed by atoms with Crippen LogP contribution in [0.2, 0.25) is 0 Å². The molecule has 1 amide bonds. The zero-order valence-electron chi connectivity index (χ0n) is 14.7. The van der Waals surface area contributed by atoms with Crippen LogP contribution in [0.15, 0.2) is 54.6 Å². The summed E-state index contributed by atoms with van der Waals surface area (Å²) in [6.07, 6.45) is 2.86. The average molecular weight is 349 g/mol. The predicted molar refractivity (Wildman–Crippen MR) is 101 cm³/mol. The number of hydrogen-bond acceptors (Lipinski definition) is 3. The Kier molecular flexibility index (Phi) is 4.71. The Balaban J connectivity index is 1.61. The summed E-state index contributed by atoms with van der Waals surface area (Å²) < 4.78 is 2.14. The molecule has 0 spiro atoms. The minimum atomic E-state index is -0.0181. The lowest BCUT2D eigenvalue weighted by Gasteiger charge is -2.23. The molecule has 1 aliphatic rings. The highest BCUT2D eigenvalue weighted by Gasteiger charge is 2.28. The fourth-order valence-corrected chi connectivity index (χ4v) is 3.82. The van der Waals surface area contributed by atoms with Gasteiger partial charge in [0.1, 0.15) is 5.82 Å². The number of amides is 1. The van der Waals surface area contributed by atoms with Gasteiger partial charge in [-0.1, -0.05) is 30.3 Å². The van der Waals surface area contributed by atoms with Gasteiger partial charge in [0.05, 0.1) is 23.7 Å². The normalized spacial score (nSPS) is 17.1. The first-order chi connectivity index (χ1) is 12.8. The van der Waals surface area contributed by atoms with Gasteiger partial charge in [-0.25, -0.2) is 4.98 Å². The lowest BCUT2D eigenvalue weighted by Crippen LogP contribution is -2.37. The fourth-order valence-electron chi connectivity index (χ4n) is 3.82. The Bertz CT molecular complexity index is 904. The van der Waals surface area contributed by atoms with Gasteiger partial charge in [-0.05, 0) is 37.1 Å². The lowest BCUT2D eigenvalue weighted by molar-refractivity contribution is -0.132. The molecule has 26 heavy (non-hydrogen) atoms. The van der Waals surface area contributed by atoms with E-state index in [1.165, 1.54) is 0 Å². The molecule has 0 radical (unpaired) electrons. The van der Waals surface area contributed by atoms with Crippen LogP contribution in [-0.2, 0) is 11.2 Å². The lowest BCUT2D eigenvalue weighted by atomic mass is 10.2. The topological polar surface area (TPSA) is 58.4 Å². The van der Waals surface area contributed by atoms with Crippen molar-refractivity contribution in [3.05, 3.63) is 60.4 Å². The Morgan fingerprint density at radius 2 is 1.88 bits per heavy atom. The van der Waals surface area contributed by atoms with Crippen LogP contribution in [-0.4, -0.2) is 44.7 Å². The van der Waals surface area contributed by atoms with Crippen LogP contribution >= 0.6 is 0 Å². The molecule has 0 saturated carbocycles. The minimum Gasteiger partial charge on any atom is -0.394 e. The molecule has 4 rings (SSSR count). The molecule has 1 aliphatic heterocycles. The Morgan fingerprint density at radius 1 is 1.12 bits per heavy atom. The van der Waals surface area contributed by atoms with E-state index < -0.39 is 0 Å².